The first-order valence-electron chi connectivity index (χ1n) is 4.24. The average Bonchev–Trinajstić information content (AvgIpc) is 2.01. The number of carbonyl (C=O) groups is 2. The zero-order valence-electron chi connectivity index (χ0n) is 8.26. The number of rotatable bonds is 4. The summed E-state index contributed by atoms with van der Waals surface area (Å²) in [5, 5.41) is 4.97. The third kappa shape index (κ3) is 5.19. The molecule has 0 aliphatic carbocycles. The third-order valence-corrected chi connectivity index (χ3v) is 1.52. The molecular weight excluding hydrogens is 170 g/mol. The number of likely N-dealkylation sites (N-methyl/N-ethyl adjacent to an activating group) is 1. The largest absolute Gasteiger partial charge is 0.357 e. The van der Waals surface area contributed by atoms with Gasteiger partial charge in [0.05, 0.1) is 0 Å². The van der Waals surface area contributed by atoms with E-state index in [1.807, 2.05) is 0 Å². The topological polar surface area (TPSA) is 84.2 Å². The molecule has 5 nitrogen and oxygen atoms in total. The summed E-state index contributed by atoms with van der Waals surface area (Å²) in [4.78, 5) is 22.1. The van der Waals surface area contributed by atoms with Gasteiger partial charge in [-0.25, -0.2) is 0 Å². The second kappa shape index (κ2) is 5.53. The van der Waals surface area contributed by atoms with Gasteiger partial charge in [-0.2, -0.15) is 0 Å². The molecule has 0 saturated heterocycles. The number of hydrogen-bond acceptors (Lipinski definition) is 3. The molecule has 4 N–H and O–H groups in total. The van der Waals surface area contributed by atoms with Crippen molar-refractivity contribution in [2.24, 2.45) is 5.73 Å². The van der Waals surface area contributed by atoms with Crippen LogP contribution in [-0.4, -0.2) is 30.9 Å². The molecule has 0 aliphatic heterocycles. The van der Waals surface area contributed by atoms with E-state index < -0.39 is 6.04 Å². The van der Waals surface area contributed by atoms with Crippen LogP contribution in [0, 0.1) is 0 Å². The van der Waals surface area contributed by atoms with Gasteiger partial charge in [0.2, 0.25) is 11.8 Å². The van der Waals surface area contributed by atoms with Crippen molar-refractivity contribution in [3.05, 3.63) is 0 Å². The van der Waals surface area contributed by atoms with Crippen LogP contribution in [0.4, 0.5) is 0 Å². The number of amides is 2. The Balaban J connectivity index is 3.85. The van der Waals surface area contributed by atoms with Gasteiger partial charge >= 0.3 is 0 Å². The van der Waals surface area contributed by atoms with Gasteiger partial charge in [0.1, 0.15) is 6.04 Å². The van der Waals surface area contributed by atoms with Crippen LogP contribution in [0.5, 0.6) is 0 Å². The van der Waals surface area contributed by atoms with E-state index in [1.165, 1.54) is 7.05 Å². The molecule has 13 heavy (non-hydrogen) atoms. The highest BCUT2D eigenvalue weighted by molar-refractivity contribution is 5.87. The van der Waals surface area contributed by atoms with Crippen LogP contribution in [0.25, 0.3) is 0 Å². The van der Waals surface area contributed by atoms with E-state index in [9.17, 15) is 9.59 Å². The van der Waals surface area contributed by atoms with E-state index in [0.717, 1.165) is 0 Å². The van der Waals surface area contributed by atoms with E-state index in [2.05, 4.69) is 10.6 Å². The Kier molecular flexibility index (Phi) is 5.06. The molecule has 5 heteroatoms. The van der Waals surface area contributed by atoms with E-state index in [4.69, 9.17) is 5.73 Å². The van der Waals surface area contributed by atoms with Crippen LogP contribution >= 0.6 is 0 Å². The minimum Gasteiger partial charge on any atom is -0.357 e. The summed E-state index contributed by atoms with van der Waals surface area (Å²) in [5.74, 6) is -0.413. The smallest absolute Gasteiger partial charge is 0.242 e. The Hall–Kier alpha value is -1.10. The Labute approximate surface area is 78.1 Å². The second-order valence-corrected chi connectivity index (χ2v) is 3.08. The first-order chi connectivity index (χ1) is 5.97. The molecule has 0 radical (unpaired) electrons. The van der Waals surface area contributed by atoms with Gasteiger partial charge in [-0.1, -0.05) is 0 Å². The standard InChI is InChI=1S/C8H17N3O2/c1-5(9)4-7(12)11-6(2)8(13)10-3/h5-6H,4,9H2,1-3H3,(H,10,13)(H,11,12). The molecule has 76 valence electrons. The first-order valence-corrected chi connectivity index (χ1v) is 4.24. The molecule has 0 spiro atoms. The maximum atomic E-state index is 11.1. The molecule has 0 bridgehead atoms. The monoisotopic (exact) mass is 187 g/mol. The van der Waals surface area contributed by atoms with Gasteiger partial charge in [0.15, 0.2) is 0 Å². The second-order valence-electron chi connectivity index (χ2n) is 3.08. The fourth-order valence-electron chi connectivity index (χ4n) is 0.875. The number of nitrogens with one attached hydrogen (secondary N) is 2. The lowest BCUT2D eigenvalue weighted by Gasteiger charge is -2.12. The Bertz CT molecular complexity index is 192. The Morgan fingerprint density at radius 2 is 1.92 bits per heavy atom. The molecule has 0 aromatic rings. The minimum atomic E-state index is -0.503. The van der Waals surface area contributed by atoms with Crippen molar-refractivity contribution < 1.29 is 9.59 Å². The van der Waals surface area contributed by atoms with Crippen LogP contribution in [0.2, 0.25) is 0 Å². The SMILES string of the molecule is CNC(=O)C(C)NC(=O)CC(C)N. The van der Waals surface area contributed by atoms with E-state index in [0.29, 0.717) is 0 Å². The number of carbonyl (C=O) groups excluding carboxylic acids is 2. The van der Waals surface area contributed by atoms with Gasteiger partial charge in [-0.05, 0) is 13.8 Å². The maximum Gasteiger partial charge on any atom is 0.242 e. The summed E-state index contributed by atoms with van der Waals surface area (Å²) < 4.78 is 0. The summed E-state index contributed by atoms with van der Waals surface area (Å²) in [5.41, 5.74) is 5.42. The van der Waals surface area contributed by atoms with Crippen molar-refractivity contribution in [3.63, 3.8) is 0 Å². The van der Waals surface area contributed by atoms with Crippen molar-refractivity contribution >= 4 is 11.8 Å². The fourth-order valence-corrected chi connectivity index (χ4v) is 0.875. The lowest BCUT2D eigenvalue weighted by molar-refractivity contribution is -0.128. The summed E-state index contributed by atoms with van der Waals surface area (Å²) in [6.07, 6.45) is 0.237. The predicted molar refractivity (Wildman–Crippen MR) is 49.9 cm³/mol. The number of nitrogens with two attached hydrogens (primary N) is 1. The van der Waals surface area contributed by atoms with Crippen LogP contribution in [0.3, 0.4) is 0 Å². The molecule has 0 aliphatic rings. The Morgan fingerprint density at radius 1 is 1.38 bits per heavy atom. The molecule has 2 amide bonds. The number of hydrogen-bond donors (Lipinski definition) is 3. The molecule has 0 aromatic carbocycles. The van der Waals surface area contributed by atoms with Crippen LogP contribution < -0.4 is 16.4 Å². The van der Waals surface area contributed by atoms with Crippen LogP contribution in [-0.2, 0) is 9.59 Å². The molecule has 2 unspecified atom stereocenters. The lowest BCUT2D eigenvalue weighted by Crippen LogP contribution is -2.44. The van der Waals surface area contributed by atoms with Crippen LogP contribution in [0.1, 0.15) is 20.3 Å². The third-order valence-electron chi connectivity index (χ3n) is 1.52. The zero-order chi connectivity index (χ0) is 10.4. The molecule has 0 saturated carbocycles. The van der Waals surface area contributed by atoms with E-state index in [1.54, 1.807) is 13.8 Å². The summed E-state index contributed by atoms with van der Waals surface area (Å²) in [6, 6.07) is -0.687. The molecule has 0 aromatic heterocycles. The highest BCUT2D eigenvalue weighted by Gasteiger charge is 2.14. The highest BCUT2D eigenvalue weighted by atomic mass is 16.2. The minimum absolute atomic E-state index is 0.183. The maximum absolute atomic E-state index is 11.1. The summed E-state index contributed by atoms with van der Waals surface area (Å²) >= 11 is 0. The molecule has 0 fully saturated rings. The lowest BCUT2D eigenvalue weighted by atomic mass is 10.2. The molecule has 0 rings (SSSR count). The Morgan fingerprint density at radius 3 is 2.31 bits per heavy atom. The first kappa shape index (κ1) is 11.9. The van der Waals surface area contributed by atoms with Gasteiger partial charge in [-0.15, -0.1) is 0 Å². The van der Waals surface area contributed by atoms with E-state index >= 15 is 0 Å². The predicted octanol–water partition coefficient (Wildman–Crippen LogP) is -1.03. The summed E-state index contributed by atoms with van der Waals surface area (Å²) in [7, 11) is 1.52. The molecule has 2 atom stereocenters. The van der Waals surface area contributed by atoms with Crippen molar-refractivity contribution in [3.8, 4) is 0 Å². The van der Waals surface area contributed by atoms with Gasteiger partial charge in [0, 0.05) is 19.5 Å². The van der Waals surface area contributed by atoms with Gasteiger partial charge in [-0.3, -0.25) is 9.59 Å². The molecule has 0 heterocycles. The van der Waals surface area contributed by atoms with Crippen molar-refractivity contribution in [1.82, 2.24) is 10.6 Å². The van der Waals surface area contributed by atoms with Crippen LogP contribution in [0.15, 0.2) is 0 Å². The zero-order valence-corrected chi connectivity index (χ0v) is 8.26. The average molecular weight is 187 g/mol. The quantitative estimate of drug-likeness (QED) is 0.526. The summed E-state index contributed by atoms with van der Waals surface area (Å²) in [6.45, 7) is 3.36. The van der Waals surface area contributed by atoms with Gasteiger partial charge < -0.3 is 16.4 Å². The van der Waals surface area contributed by atoms with Crippen molar-refractivity contribution in [1.29, 1.82) is 0 Å². The normalized spacial score (nSPS) is 14.5. The van der Waals surface area contributed by atoms with E-state index in [-0.39, 0.29) is 24.3 Å². The van der Waals surface area contributed by atoms with Crippen molar-refractivity contribution in [2.75, 3.05) is 7.05 Å². The van der Waals surface area contributed by atoms with Crippen molar-refractivity contribution in [2.45, 2.75) is 32.4 Å². The fraction of sp³-hybridized carbons (Fsp3) is 0.750. The highest BCUT2D eigenvalue weighted by Crippen LogP contribution is 1.88. The molecular formula is C8H17N3O2. The van der Waals surface area contributed by atoms with Gasteiger partial charge in [0.25, 0.3) is 0 Å².